The monoisotopic (exact) mass is 556 g/mol. The van der Waals surface area contributed by atoms with Crippen LogP contribution in [0.15, 0.2) is 65.7 Å². The molecule has 0 aliphatic carbocycles. The summed E-state index contributed by atoms with van der Waals surface area (Å²) < 4.78 is 42.5. The number of anilines is 4. The van der Waals surface area contributed by atoms with Crippen LogP contribution >= 0.6 is 11.8 Å². The molecular formula is C27H33FN6O2S2. The van der Waals surface area contributed by atoms with Crippen molar-refractivity contribution in [3.8, 4) is 0 Å². The van der Waals surface area contributed by atoms with E-state index in [2.05, 4.69) is 25.5 Å². The Labute approximate surface area is 228 Å². The standard InChI is InChI=1S/C27H33FN6O2S2/c28-21-3-5-22(6-4-21)30-26-11-14-29-27(32-26)31-23-7-9-25(10-8-23)38(35,36)34(24-12-19-37-20-13-24)18-17-33-15-1-2-16-33/h3-11,14,24H,1-2,12-13,15-20H2,(H2,29,30,31,32). The van der Waals surface area contributed by atoms with Gasteiger partial charge in [-0.15, -0.1) is 0 Å². The SMILES string of the molecule is O=S(=O)(c1ccc(Nc2nccc(Nc3ccc(F)cc3)n2)cc1)N(CCN1CCCC1)C1CCSCC1. The van der Waals surface area contributed by atoms with Crippen molar-refractivity contribution in [2.45, 2.75) is 36.6 Å². The number of hydrogen-bond acceptors (Lipinski definition) is 8. The van der Waals surface area contributed by atoms with E-state index in [1.807, 2.05) is 11.8 Å². The molecule has 38 heavy (non-hydrogen) atoms. The van der Waals surface area contributed by atoms with E-state index in [0.29, 0.717) is 34.6 Å². The summed E-state index contributed by atoms with van der Waals surface area (Å²) in [4.78, 5) is 11.4. The van der Waals surface area contributed by atoms with Gasteiger partial charge in [0, 0.05) is 36.7 Å². The van der Waals surface area contributed by atoms with Crippen LogP contribution in [0.25, 0.3) is 0 Å². The van der Waals surface area contributed by atoms with Gasteiger partial charge < -0.3 is 15.5 Å². The first-order chi connectivity index (χ1) is 18.5. The lowest BCUT2D eigenvalue weighted by Gasteiger charge is -2.34. The smallest absolute Gasteiger partial charge is 0.243 e. The van der Waals surface area contributed by atoms with Crippen LogP contribution in [0.2, 0.25) is 0 Å². The van der Waals surface area contributed by atoms with E-state index in [1.54, 1.807) is 53.0 Å². The molecule has 1 aromatic heterocycles. The minimum Gasteiger partial charge on any atom is -0.340 e. The van der Waals surface area contributed by atoms with E-state index in [0.717, 1.165) is 44.0 Å². The highest BCUT2D eigenvalue weighted by Crippen LogP contribution is 2.28. The van der Waals surface area contributed by atoms with E-state index in [1.165, 1.54) is 25.0 Å². The fourth-order valence-electron chi connectivity index (χ4n) is 4.86. The molecular weight excluding hydrogens is 523 g/mol. The quantitative estimate of drug-likeness (QED) is 0.357. The molecule has 0 saturated carbocycles. The molecule has 0 bridgehead atoms. The Balaban J connectivity index is 1.27. The molecule has 8 nitrogen and oxygen atoms in total. The summed E-state index contributed by atoms with van der Waals surface area (Å²) >= 11 is 1.90. The van der Waals surface area contributed by atoms with Gasteiger partial charge in [0.15, 0.2) is 0 Å². The van der Waals surface area contributed by atoms with E-state index in [9.17, 15) is 12.8 Å². The first-order valence-corrected chi connectivity index (χ1v) is 15.6. The summed E-state index contributed by atoms with van der Waals surface area (Å²) in [6, 6.07) is 14.6. The van der Waals surface area contributed by atoms with Crippen molar-refractivity contribution in [1.29, 1.82) is 0 Å². The number of sulfonamides is 1. The van der Waals surface area contributed by atoms with Crippen molar-refractivity contribution in [3.63, 3.8) is 0 Å². The Morgan fingerprint density at radius 3 is 2.32 bits per heavy atom. The lowest BCUT2D eigenvalue weighted by Crippen LogP contribution is -2.45. The predicted octanol–water partition coefficient (Wildman–Crippen LogP) is 5.09. The van der Waals surface area contributed by atoms with E-state index >= 15 is 0 Å². The third-order valence-corrected chi connectivity index (χ3v) is 9.94. The van der Waals surface area contributed by atoms with Crippen LogP contribution in [0.5, 0.6) is 0 Å². The Morgan fingerprint density at radius 2 is 1.61 bits per heavy atom. The maximum absolute atomic E-state index is 13.8. The molecule has 0 spiro atoms. The van der Waals surface area contributed by atoms with Crippen molar-refractivity contribution in [1.82, 2.24) is 19.2 Å². The number of thioether (sulfide) groups is 1. The summed E-state index contributed by atoms with van der Waals surface area (Å²) in [6.07, 6.45) is 5.78. The molecule has 11 heteroatoms. The van der Waals surface area contributed by atoms with E-state index in [4.69, 9.17) is 0 Å². The zero-order chi connectivity index (χ0) is 26.4. The largest absolute Gasteiger partial charge is 0.340 e. The summed E-state index contributed by atoms with van der Waals surface area (Å²) in [5, 5.41) is 6.25. The minimum absolute atomic E-state index is 0.0476. The molecule has 2 N–H and O–H groups in total. The average molecular weight is 557 g/mol. The highest BCUT2D eigenvalue weighted by molar-refractivity contribution is 7.99. The highest BCUT2D eigenvalue weighted by Gasteiger charge is 2.33. The Morgan fingerprint density at radius 1 is 0.947 bits per heavy atom. The van der Waals surface area contributed by atoms with Gasteiger partial charge in [-0.25, -0.2) is 17.8 Å². The van der Waals surface area contributed by atoms with Crippen LogP contribution in [-0.2, 0) is 10.0 Å². The predicted molar refractivity (Wildman–Crippen MR) is 151 cm³/mol. The first-order valence-electron chi connectivity index (χ1n) is 13.0. The maximum atomic E-state index is 13.8. The summed E-state index contributed by atoms with van der Waals surface area (Å²) in [5.41, 5.74) is 1.39. The molecule has 0 unspecified atom stereocenters. The Kier molecular flexibility index (Phi) is 8.78. The maximum Gasteiger partial charge on any atom is 0.243 e. The van der Waals surface area contributed by atoms with Crippen molar-refractivity contribution >= 4 is 44.9 Å². The molecule has 2 aromatic carbocycles. The second-order valence-electron chi connectivity index (χ2n) is 9.55. The average Bonchev–Trinajstić information content (AvgIpc) is 3.45. The van der Waals surface area contributed by atoms with E-state index in [-0.39, 0.29) is 11.9 Å². The van der Waals surface area contributed by atoms with Gasteiger partial charge in [-0.05, 0) is 105 Å². The second kappa shape index (κ2) is 12.4. The van der Waals surface area contributed by atoms with Crippen molar-refractivity contribution in [2.24, 2.45) is 0 Å². The molecule has 0 radical (unpaired) electrons. The van der Waals surface area contributed by atoms with Gasteiger partial charge in [0.25, 0.3) is 0 Å². The molecule has 2 fully saturated rings. The van der Waals surface area contributed by atoms with Crippen LogP contribution in [0.4, 0.5) is 27.5 Å². The molecule has 202 valence electrons. The highest BCUT2D eigenvalue weighted by atomic mass is 32.2. The van der Waals surface area contributed by atoms with Gasteiger partial charge in [-0.1, -0.05) is 0 Å². The molecule has 0 amide bonds. The number of nitrogens with zero attached hydrogens (tertiary/aromatic N) is 4. The van der Waals surface area contributed by atoms with Gasteiger partial charge in [-0.3, -0.25) is 0 Å². The number of nitrogens with one attached hydrogen (secondary N) is 2. The molecule has 3 heterocycles. The summed E-state index contributed by atoms with van der Waals surface area (Å²) in [6.45, 7) is 3.41. The van der Waals surface area contributed by atoms with Crippen molar-refractivity contribution < 1.29 is 12.8 Å². The molecule has 3 aromatic rings. The van der Waals surface area contributed by atoms with Crippen LogP contribution in [0.1, 0.15) is 25.7 Å². The number of aromatic nitrogens is 2. The minimum atomic E-state index is -3.62. The van der Waals surface area contributed by atoms with Gasteiger partial charge in [0.05, 0.1) is 4.90 Å². The van der Waals surface area contributed by atoms with Crippen molar-refractivity contribution in [2.75, 3.05) is 48.3 Å². The third kappa shape index (κ3) is 6.82. The number of benzene rings is 2. The second-order valence-corrected chi connectivity index (χ2v) is 12.7. The lowest BCUT2D eigenvalue weighted by atomic mass is 10.1. The van der Waals surface area contributed by atoms with Crippen LogP contribution in [-0.4, -0.2) is 71.3 Å². The normalized spacial score (nSPS) is 17.1. The van der Waals surface area contributed by atoms with Gasteiger partial charge >= 0.3 is 0 Å². The topological polar surface area (TPSA) is 90.5 Å². The van der Waals surface area contributed by atoms with Gasteiger partial charge in [-0.2, -0.15) is 21.1 Å². The number of rotatable bonds is 10. The van der Waals surface area contributed by atoms with Crippen LogP contribution < -0.4 is 10.6 Å². The van der Waals surface area contributed by atoms with E-state index < -0.39 is 10.0 Å². The molecule has 5 rings (SSSR count). The number of likely N-dealkylation sites (tertiary alicyclic amines) is 1. The Hall–Kier alpha value is -2.73. The first kappa shape index (κ1) is 26.9. The molecule has 2 saturated heterocycles. The number of halogens is 1. The molecule has 0 atom stereocenters. The molecule has 2 aliphatic heterocycles. The zero-order valence-corrected chi connectivity index (χ0v) is 22.9. The fraction of sp³-hybridized carbons (Fsp3) is 0.407. The number of hydrogen-bond donors (Lipinski definition) is 2. The summed E-state index contributed by atoms with van der Waals surface area (Å²) in [7, 11) is -3.62. The van der Waals surface area contributed by atoms with Gasteiger partial charge in [0.2, 0.25) is 16.0 Å². The Bertz CT molecular complexity index is 1300. The zero-order valence-electron chi connectivity index (χ0n) is 21.2. The van der Waals surface area contributed by atoms with Crippen LogP contribution in [0, 0.1) is 5.82 Å². The summed E-state index contributed by atoms with van der Waals surface area (Å²) in [5.74, 6) is 2.60. The fourth-order valence-corrected chi connectivity index (χ4v) is 7.62. The van der Waals surface area contributed by atoms with Crippen LogP contribution in [0.3, 0.4) is 0 Å². The van der Waals surface area contributed by atoms with Gasteiger partial charge in [0.1, 0.15) is 11.6 Å². The third-order valence-electron chi connectivity index (χ3n) is 6.92. The molecule has 2 aliphatic rings. The lowest BCUT2D eigenvalue weighted by molar-refractivity contribution is 0.250. The van der Waals surface area contributed by atoms with Crippen molar-refractivity contribution in [3.05, 3.63) is 66.6 Å².